The van der Waals surface area contributed by atoms with E-state index in [1.165, 1.54) is 0 Å². The van der Waals surface area contributed by atoms with Gasteiger partial charge in [-0.05, 0) is 32.4 Å². The van der Waals surface area contributed by atoms with E-state index in [2.05, 4.69) is 0 Å². The van der Waals surface area contributed by atoms with Crippen molar-refractivity contribution < 1.29 is 9.00 Å². The van der Waals surface area contributed by atoms with Crippen LogP contribution in [0.25, 0.3) is 0 Å². The van der Waals surface area contributed by atoms with Crippen molar-refractivity contribution in [3.63, 3.8) is 0 Å². The highest BCUT2D eigenvalue weighted by molar-refractivity contribution is 7.85. The highest BCUT2D eigenvalue weighted by Gasteiger charge is 2.25. The lowest BCUT2D eigenvalue weighted by Gasteiger charge is -2.24. The van der Waals surface area contributed by atoms with E-state index in [4.69, 9.17) is 11.6 Å². The van der Waals surface area contributed by atoms with Crippen LogP contribution in [0.5, 0.6) is 0 Å². The van der Waals surface area contributed by atoms with E-state index >= 15 is 0 Å². The molecule has 1 aromatic rings. The molecule has 1 aromatic carbocycles. The molecule has 0 bridgehead atoms. The second kappa shape index (κ2) is 7.06. The van der Waals surface area contributed by atoms with Gasteiger partial charge in [-0.3, -0.25) is 9.00 Å². The van der Waals surface area contributed by atoms with Crippen LogP contribution in [0.4, 0.5) is 0 Å². The molecule has 2 atom stereocenters. The molecule has 3 nitrogen and oxygen atoms in total. The Morgan fingerprint density at radius 3 is 2.42 bits per heavy atom. The maximum absolute atomic E-state index is 12.2. The Morgan fingerprint density at radius 2 is 1.89 bits per heavy atom. The highest BCUT2D eigenvalue weighted by atomic mass is 35.5. The normalized spacial score (nSPS) is 14.2. The van der Waals surface area contributed by atoms with Crippen LogP contribution in [0.1, 0.15) is 26.3 Å². The Hall–Kier alpha value is -0.870. The summed E-state index contributed by atoms with van der Waals surface area (Å²) in [5.74, 6) is 0.207. The zero-order valence-electron chi connectivity index (χ0n) is 11.7. The van der Waals surface area contributed by atoms with Gasteiger partial charge in [-0.15, -0.1) is 0 Å². The monoisotopic (exact) mass is 301 g/mol. The number of carbonyl (C=O) groups is 1. The van der Waals surface area contributed by atoms with Crippen LogP contribution < -0.4 is 0 Å². The minimum absolute atomic E-state index is 0.0969. The third-order valence-electron chi connectivity index (χ3n) is 3.12. The largest absolute Gasteiger partial charge is 0.342 e. The molecule has 0 heterocycles. The number of nitrogens with zero attached hydrogens (tertiary/aromatic N) is 1. The summed E-state index contributed by atoms with van der Waals surface area (Å²) in [6, 6.07) is 7.39. The molecule has 0 spiro atoms. The van der Waals surface area contributed by atoms with Crippen molar-refractivity contribution in [1.82, 2.24) is 4.90 Å². The summed E-state index contributed by atoms with van der Waals surface area (Å²) in [6.07, 6.45) is 0. The molecule has 0 saturated carbocycles. The smallest absolute Gasteiger partial charge is 0.238 e. The second-order valence-corrected chi connectivity index (χ2v) is 6.97. The van der Waals surface area contributed by atoms with Crippen LogP contribution in [-0.4, -0.2) is 33.4 Å². The third-order valence-corrected chi connectivity index (χ3v) is 5.07. The fourth-order valence-electron chi connectivity index (χ4n) is 1.55. The van der Waals surface area contributed by atoms with Gasteiger partial charge in [0.05, 0.1) is 5.75 Å². The van der Waals surface area contributed by atoms with Gasteiger partial charge in [0.2, 0.25) is 5.91 Å². The Morgan fingerprint density at radius 1 is 1.32 bits per heavy atom. The van der Waals surface area contributed by atoms with Crippen LogP contribution in [0.15, 0.2) is 24.3 Å². The van der Waals surface area contributed by atoms with Gasteiger partial charge < -0.3 is 4.90 Å². The van der Waals surface area contributed by atoms with Crippen molar-refractivity contribution in [3.05, 3.63) is 34.9 Å². The van der Waals surface area contributed by atoms with Crippen molar-refractivity contribution in [2.75, 3.05) is 7.05 Å². The van der Waals surface area contributed by atoms with Gasteiger partial charge in [0, 0.05) is 28.9 Å². The van der Waals surface area contributed by atoms with Crippen molar-refractivity contribution in [3.8, 4) is 0 Å². The van der Waals surface area contributed by atoms with Crippen molar-refractivity contribution in [2.24, 2.45) is 0 Å². The predicted octanol–water partition coefficient (Wildman–Crippen LogP) is 2.84. The molecule has 106 valence electrons. The first-order valence-electron chi connectivity index (χ1n) is 6.21. The summed E-state index contributed by atoms with van der Waals surface area (Å²) in [6.45, 7) is 5.57. The van der Waals surface area contributed by atoms with Gasteiger partial charge in [-0.2, -0.15) is 0 Å². The lowest BCUT2D eigenvalue weighted by atomic mass is 10.2. The molecule has 1 rings (SSSR count). The SMILES string of the molecule is CC(C)N(C)C(=O)[C@@H](C)[S@@](=O)Cc1ccccc1Cl. The minimum atomic E-state index is -1.27. The quantitative estimate of drug-likeness (QED) is 0.838. The molecular formula is C14H20ClNO2S. The summed E-state index contributed by atoms with van der Waals surface area (Å²) in [7, 11) is 0.463. The number of benzene rings is 1. The molecule has 0 aliphatic rings. The average Bonchev–Trinajstić information content (AvgIpc) is 2.38. The zero-order chi connectivity index (χ0) is 14.6. The second-order valence-electron chi connectivity index (χ2n) is 4.80. The minimum Gasteiger partial charge on any atom is -0.342 e. The number of amides is 1. The molecule has 0 aromatic heterocycles. The van der Waals surface area contributed by atoms with Gasteiger partial charge in [-0.1, -0.05) is 29.8 Å². The number of hydrogen-bond acceptors (Lipinski definition) is 2. The molecular weight excluding hydrogens is 282 g/mol. The standard InChI is InChI=1S/C14H20ClNO2S/c1-10(2)16(4)14(17)11(3)19(18)9-12-7-5-6-8-13(12)15/h5-8,10-11H,9H2,1-4H3/t11-,19+/m1/s1. The molecule has 0 aliphatic heterocycles. The van der Waals surface area contributed by atoms with Crippen molar-refractivity contribution in [1.29, 1.82) is 0 Å². The van der Waals surface area contributed by atoms with Crippen LogP contribution in [0.2, 0.25) is 5.02 Å². The topological polar surface area (TPSA) is 37.4 Å². The molecule has 0 unspecified atom stereocenters. The third kappa shape index (κ3) is 4.32. The molecule has 0 saturated heterocycles. The van der Waals surface area contributed by atoms with E-state index in [9.17, 15) is 9.00 Å². The summed E-state index contributed by atoms with van der Waals surface area (Å²) in [5, 5.41) is 0.0661. The maximum atomic E-state index is 12.2. The van der Waals surface area contributed by atoms with Crippen LogP contribution in [0, 0.1) is 0 Å². The maximum Gasteiger partial charge on any atom is 0.238 e. The van der Waals surface area contributed by atoms with Gasteiger partial charge in [0.1, 0.15) is 5.25 Å². The Kier molecular flexibility index (Phi) is 6.01. The van der Waals surface area contributed by atoms with Gasteiger partial charge in [0.25, 0.3) is 0 Å². The first-order valence-corrected chi connectivity index (χ1v) is 7.97. The predicted molar refractivity (Wildman–Crippen MR) is 80.7 cm³/mol. The van der Waals surface area contributed by atoms with Crippen LogP contribution in [0.3, 0.4) is 0 Å². The first kappa shape index (κ1) is 16.2. The average molecular weight is 302 g/mol. The molecule has 0 radical (unpaired) electrons. The summed E-state index contributed by atoms with van der Waals surface area (Å²) >= 11 is 6.04. The Bertz CT molecular complexity index is 476. The van der Waals surface area contributed by atoms with Gasteiger partial charge in [-0.25, -0.2) is 0 Å². The number of rotatable bonds is 5. The first-order chi connectivity index (χ1) is 8.84. The number of carbonyl (C=O) groups excluding carboxylic acids is 1. The van der Waals surface area contributed by atoms with Gasteiger partial charge in [0.15, 0.2) is 0 Å². The lowest BCUT2D eigenvalue weighted by Crippen LogP contribution is -2.41. The highest BCUT2D eigenvalue weighted by Crippen LogP contribution is 2.18. The number of halogens is 1. The van der Waals surface area contributed by atoms with E-state index in [0.29, 0.717) is 10.8 Å². The molecule has 1 amide bonds. The molecule has 0 fully saturated rings. The van der Waals surface area contributed by atoms with Gasteiger partial charge >= 0.3 is 0 Å². The van der Waals surface area contributed by atoms with E-state index in [1.54, 1.807) is 24.9 Å². The fraction of sp³-hybridized carbons (Fsp3) is 0.500. The molecule has 5 heteroatoms. The van der Waals surface area contributed by atoms with Crippen molar-refractivity contribution >= 4 is 28.3 Å². The van der Waals surface area contributed by atoms with E-state index in [-0.39, 0.29) is 11.9 Å². The summed E-state index contributed by atoms with van der Waals surface area (Å²) in [5.41, 5.74) is 0.814. The van der Waals surface area contributed by atoms with Crippen molar-refractivity contribution in [2.45, 2.75) is 37.8 Å². The fourth-order valence-corrected chi connectivity index (χ4v) is 3.03. The lowest BCUT2D eigenvalue weighted by molar-refractivity contribution is -0.130. The summed E-state index contributed by atoms with van der Waals surface area (Å²) < 4.78 is 12.2. The zero-order valence-corrected chi connectivity index (χ0v) is 13.3. The number of hydrogen-bond donors (Lipinski definition) is 0. The molecule has 0 N–H and O–H groups in total. The van der Waals surface area contributed by atoms with E-state index in [1.807, 2.05) is 32.0 Å². The Labute approximate surface area is 122 Å². The van der Waals surface area contributed by atoms with Crippen LogP contribution in [-0.2, 0) is 21.3 Å². The van der Waals surface area contributed by atoms with E-state index < -0.39 is 16.0 Å². The summed E-state index contributed by atoms with van der Waals surface area (Å²) in [4.78, 5) is 13.7. The Balaban J connectivity index is 2.73. The molecule has 0 aliphatic carbocycles. The van der Waals surface area contributed by atoms with E-state index in [0.717, 1.165) is 5.56 Å². The molecule has 19 heavy (non-hydrogen) atoms. The van der Waals surface area contributed by atoms with Crippen LogP contribution >= 0.6 is 11.6 Å².